The number of urea groups is 1. The summed E-state index contributed by atoms with van der Waals surface area (Å²) >= 11 is 6.17. The summed E-state index contributed by atoms with van der Waals surface area (Å²) < 4.78 is 31.3. The molecule has 4 heterocycles. The van der Waals surface area contributed by atoms with Gasteiger partial charge in [0.1, 0.15) is 5.75 Å². The highest BCUT2D eigenvalue weighted by Crippen LogP contribution is 2.27. The highest BCUT2D eigenvalue weighted by molar-refractivity contribution is 7.88. The second kappa shape index (κ2) is 15.1. The number of phenolic OH excluding ortho intramolecular Hbond substituents is 1. The molecule has 3 saturated heterocycles. The van der Waals surface area contributed by atoms with Crippen LogP contribution in [0, 0.1) is 0 Å². The van der Waals surface area contributed by atoms with Crippen LogP contribution >= 0.6 is 11.6 Å². The molecule has 0 aliphatic carbocycles. The molecule has 6 rings (SSSR count). The van der Waals surface area contributed by atoms with E-state index in [1.165, 1.54) is 16.6 Å². The van der Waals surface area contributed by atoms with E-state index in [9.17, 15) is 27.9 Å². The van der Waals surface area contributed by atoms with Gasteiger partial charge in [0, 0.05) is 83.1 Å². The van der Waals surface area contributed by atoms with Crippen molar-refractivity contribution in [1.82, 2.24) is 23.9 Å². The number of piperidine rings is 2. The molecule has 2 aromatic carbocycles. The average Bonchev–Trinajstić information content (AvgIpc) is 3.27. The van der Waals surface area contributed by atoms with Gasteiger partial charge in [0.05, 0.1) is 11.3 Å². The third-order valence-electron chi connectivity index (χ3n) is 10.3. The Bertz CT molecular complexity index is 1640. The number of amides is 4. The largest absolute Gasteiger partial charge is 0.506 e. The zero-order valence-electron chi connectivity index (χ0n) is 27.8. The standard InChI is InChI=1S/C34H45ClN6O7S/c1-49(46,47)40-15-11-26(12-16-40)37-18-20-38(21-19-37)32(43)31(23-24-6-7-30(42)28(35)22-24)48-34(45)39-13-9-27(10-14-39)41-17-8-25-4-2-3-5-29(25)36-33(41)44/h2-7,22,26-27,31,42H,8-21,23H2,1H3,(H,36,44)/t31-/m1/s1. The molecule has 0 aromatic heterocycles. The Balaban J connectivity index is 1.06. The molecule has 3 fully saturated rings. The summed E-state index contributed by atoms with van der Waals surface area (Å²) in [5, 5.41) is 13.1. The fourth-order valence-electron chi connectivity index (χ4n) is 7.42. The number of nitrogens with one attached hydrogen (secondary N) is 1. The summed E-state index contributed by atoms with van der Waals surface area (Å²) in [6.07, 6.45) is 3.09. The minimum atomic E-state index is -3.20. The second-order valence-electron chi connectivity index (χ2n) is 13.4. The molecule has 266 valence electrons. The van der Waals surface area contributed by atoms with Crippen LogP contribution in [0.3, 0.4) is 0 Å². The number of sulfonamides is 1. The van der Waals surface area contributed by atoms with Gasteiger partial charge in [-0.2, -0.15) is 0 Å². The van der Waals surface area contributed by atoms with E-state index in [0.717, 1.165) is 30.5 Å². The quantitative estimate of drug-likeness (QED) is 0.445. The second-order valence-corrected chi connectivity index (χ2v) is 15.8. The molecule has 2 aromatic rings. The van der Waals surface area contributed by atoms with E-state index in [0.29, 0.717) is 77.3 Å². The van der Waals surface area contributed by atoms with E-state index in [4.69, 9.17) is 16.3 Å². The van der Waals surface area contributed by atoms with Crippen LogP contribution in [-0.4, -0.2) is 139 Å². The maximum absolute atomic E-state index is 13.9. The zero-order chi connectivity index (χ0) is 34.7. The van der Waals surface area contributed by atoms with E-state index in [1.807, 2.05) is 29.2 Å². The summed E-state index contributed by atoms with van der Waals surface area (Å²) in [6, 6.07) is 12.6. The number of phenols is 1. The number of hydrogen-bond donors (Lipinski definition) is 2. The zero-order valence-corrected chi connectivity index (χ0v) is 29.4. The summed E-state index contributed by atoms with van der Waals surface area (Å²) in [6.45, 7) is 4.57. The van der Waals surface area contributed by atoms with Gasteiger partial charge in [-0.25, -0.2) is 22.3 Å². The Morgan fingerprint density at radius 3 is 2.27 bits per heavy atom. The molecule has 13 nitrogen and oxygen atoms in total. The van der Waals surface area contributed by atoms with Crippen LogP contribution in [0.4, 0.5) is 15.3 Å². The van der Waals surface area contributed by atoms with Crippen LogP contribution < -0.4 is 5.32 Å². The minimum absolute atomic E-state index is 0.0233. The maximum Gasteiger partial charge on any atom is 0.410 e. The summed E-state index contributed by atoms with van der Waals surface area (Å²) in [4.78, 5) is 48.0. The third kappa shape index (κ3) is 8.42. The first kappa shape index (κ1) is 35.2. The lowest BCUT2D eigenvalue weighted by molar-refractivity contribution is -0.143. The van der Waals surface area contributed by atoms with Gasteiger partial charge in [0.25, 0.3) is 5.91 Å². The SMILES string of the molecule is CS(=O)(=O)N1CCC(N2CCN(C(=O)[C@@H](Cc3ccc(O)c(Cl)c3)OC(=O)N3CCC(N4CCc5ccccc5NC4=O)CC3)CC2)CC1. The number of likely N-dealkylation sites (tertiary alicyclic amines) is 1. The molecule has 0 spiro atoms. The maximum atomic E-state index is 13.9. The summed E-state index contributed by atoms with van der Waals surface area (Å²) in [5.74, 6) is -0.367. The Morgan fingerprint density at radius 2 is 1.59 bits per heavy atom. The number of piperazine rings is 1. The topological polar surface area (TPSA) is 143 Å². The van der Waals surface area contributed by atoms with Crippen LogP contribution in [0.1, 0.15) is 36.8 Å². The molecular formula is C34H45ClN6O7S. The van der Waals surface area contributed by atoms with Gasteiger partial charge < -0.3 is 29.9 Å². The minimum Gasteiger partial charge on any atom is -0.506 e. The van der Waals surface area contributed by atoms with Crippen LogP contribution in [0.25, 0.3) is 0 Å². The molecule has 0 saturated carbocycles. The van der Waals surface area contributed by atoms with Gasteiger partial charge in [-0.3, -0.25) is 9.69 Å². The Kier molecular flexibility index (Phi) is 10.9. The smallest absolute Gasteiger partial charge is 0.410 e. The van der Waals surface area contributed by atoms with E-state index < -0.39 is 22.2 Å². The van der Waals surface area contributed by atoms with Gasteiger partial charge in [0.2, 0.25) is 10.0 Å². The fraction of sp³-hybridized carbons (Fsp3) is 0.559. The van der Waals surface area contributed by atoms with Crippen LogP contribution in [-0.2, 0) is 32.4 Å². The number of rotatable bonds is 7. The van der Waals surface area contributed by atoms with Gasteiger partial charge in [-0.15, -0.1) is 0 Å². The van der Waals surface area contributed by atoms with Crippen molar-refractivity contribution >= 4 is 45.3 Å². The number of carbonyl (C=O) groups is 3. The van der Waals surface area contributed by atoms with E-state index in [-0.39, 0.29) is 41.2 Å². The lowest BCUT2D eigenvalue weighted by Crippen LogP contribution is -2.57. The first-order chi connectivity index (χ1) is 23.5. The van der Waals surface area contributed by atoms with Crippen LogP contribution in [0.5, 0.6) is 5.75 Å². The molecule has 2 N–H and O–H groups in total. The van der Waals surface area contributed by atoms with Crippen LogP contribution in [0.15, 0.2) is 42.5 Å². The van der Waals surface area contributed by atoms with Crippen molar-refractivity contribution < 1.29 is 32.6 Å². The molecule has 1 atom stereocenters. The van der Waals surface area contributed by atoms with Crippen molar-refractivity contribution in [3.63, 3.8) is 0 Å². The van der Waals surface area contributed by atoms with E-state index >= 15 is 0 Å². The summed E-state index contributed by atoms with van der Waals surface area (Å²) in [5.41, 5.74) is 2.58. The third-order valence-corrected chi connectivity index (χ3v) is 11.9. The normalized spacial score (nSPS) is 21.1. The Morgan fingerprint density at radius 1 is 0.918 bits per heavy atom. The number of fused-ring (bicyclic) bond motifs is 1. The number of nitrogens with zero attached hydrogens (tertiary/aromatic N) is 5. The van der Waals surface area contributed by atoms with E-state index in [1.54, 1.807) is 21.9 Å². The lowest BCUT2D eigenvalue weighted by atomic mass is 10.0. The number of ether oxygens (including phenoxy) is 1. The number of hydrogen-bond acceptors (Lipinski definition) is 8. The predicted molar refractivity (Wildman–Crippen MR) is 185 cm³/mol. The highest BCUT2D eigenvalue weighted by atomic mass is 35.5. The number of anilines is 1. The number of benzene rings is 2. The van der Waals surface area contributed by atoms with Crippen molar-refractivity contribution in [2.45, 2.75) is 56.7 Å². The average molecular weight is 717 g/mol. The van der Waals surface area contributed by atoms with Crippen molar-refractivity contribution in [2.75, 3.05) is 70.5 Å². The molecule has 4 aliphatic heterocycles. The number of halogens is 1. The molecule has 0 unspecified atom stereocenters. The molecule has 0 bridgehead atoms. The molecule has 15 heteroatoms. The van der Waals surface area contributed by atoms with Gasteiger partial charge >= 0.3 is 12.1 Å². The van der Waals surface area contributed by atoms with Gasteiger partial charge in [0.15, 0.2) is 6.10 Å². The van der Waals surface area contributed by atoms with Crippen molar-refractivity contribution in [2.24, 2.45) is 0 Å². The predicted octanol–water partition coefficient (Wildman–Crippen LogP) is 3.22. The summed E-state index contributed by atoms with van der Waals surface area (Å²) in [7, 11) is -3.20. The van der Waals surface area contributed by atoms with Crippen molar-refractivity contribution in [3.8, 4) is 5.75 Å². The molecule has 0 radical (unpaired) electrons. The van der Waals surface area contributed by atoms with Gasteiger partial charge in [-0.1, -0.05) is 35.9 Å². The Hall–Kier alpha value is -3.59. The van der Waals surface area contributed by atoms with Crippen molar-refractivity contribution in [3.05, 3.63) is 58.6 Å². The Labute approximate surface area is 292 Å². The van der Waals surface area contributed by atoms with Gasteiger partial charge in [-0.05, 0) is 61.4 Å². The number of carbonyl (C=O) groups excluding carboxylic acids is 3. The molecule has 4 amide bonds. The molecule has 49 heavy (non-hydrogen) atoms. The highest BCUT2D eigenvalue weighted by Gasteiger charge is 2.37. The number of aromatic hydroxyl groups is 1. The monoisotopic (exact) mass is 716 g/mol. The first-order valence-electron chi connectivity index (χ1n) is 17.0. The lowest BCUT2D eigenvalue weighted by Gasteiger charge is -2.43. The van der Waals surface area contributed by atoms with E-state index in [2.05, 4.69) is 10.2 Å². The number of para-hydroxylation sites is 1. The van der Waals surface area contributed by atoms with Crippen molar-refractivity contribution in [1.29, 1.82) is 0 Å². The molecular weight excluding hydrogens is 672 g/mol. The van der Waals surface area contributed by atoms with Crippen LogP contribution in [0.2, 0.25) is 5.02 Å². The fourth-order valence-corrected chi connectivity index (χ4v) is 8.49. The first-order valence-corrected chi connectivity index (χ1v) is 19.3. The molecule has 4 aliphatic rings.